The minimum atomic E-state index is 0.0790. The molecule has 0 spiro atoms. The van der Waals surface area contributed by atoms with E-state index in [-0.39, 0.29) is 10.5 Å². The average Bonchev–Trinajstić information content (AvgIpc) is 2.83. The van der Waals surface area contributed by atoms with Gasteiger partial charge in [-0.15, -0.1) is 0 Å². The molecule has 4 rings (SSSR count). The van der Waals surface area contributed by atoms with E-state index in [0.29, 0.717) is 11.0 Å². The first kappa shape index (κ1) is 11.7. The van der Waals surface area contributed by atoms with Gasteiger partial charge in [-0.3, -0.25) is 0 Å². The van der Waals surface area contributed by atoms with Crippen LogP contribution in [0, 0.1) is 0 Å². The number of aliphatic hydroxyl groups excluding tert-OH is 1. The summed E-state index contributed by atoms with van der Waals surface area (Å²) in [5, 5.41) is 12.7. The topological polar surface area (TPSA) is 20.2 Å². The van der Waals surface area contributed by atoms with Gasteiger partial charge in [0.1, 0.15) is 5.76 Å². The van der Waals surface area contributed by atoms with Crippen molar-refractivity contribution in [2.24, 2.45) is 0 Å². The summed E-state index contributed by atoms with van der Waals surface area (Å²) in [6.45, 7) is 0. The van der Waals surface area contributed by atoms with Crippen LogP contribution in [0.5, 0.6) is 0 Å². The van der Waals surface area contributed by atoms with E-state index in [1.54, 1.807) is 0 Å². The highest BCUT2D eigenvalue weighted by molar-refractivity contribution is 7.44. The summed E-state index contributed by atoms with van der Waals surface area (Å²) in [5.41, 5.74) is 0. The molecule has 1 atom stereocenters. The van der Waals surface area contributed by atoms with Gasteiger partial charge in [-0.05, 0) is 42.5 Å². The van der Waals surface area contributed by atoms with E-state index in [9.17, 15) is 5.11 Å². The van der Waals surface area contributed by atoms with Crippen molar-refractivity contribution in [3.05, 3.63) is 72.5 Å². The summed E-state index contributed by atoms with van der Waals surface area (Å²) in [6.07, 6.45) is 6.84. The van der Waals surface area contributed by atoms with Crippen LogP contribution in [0.2, 0.25) is 0 Å². The molecule has 1 aliphatic rings. The first-order valence-electron chi connectivity index (χ1n) is 6.83. The smallest absolute Gasteiger partial charge is 0.182 e. The molecule has 1 aromatic heterocycles. The third kappa shape index (κ3) is 1.69. The van der Waals surface area contributed by atoms with Crippen LogP contribution < -0.4 is 0 Å². The van der Waals surface area contributed by atoms with Crippen LogP contribution >= 0.6 is 10.5 Å². The monoisotopic (exact) mass is 279 g/mol. The van der Waals surface area contributed by atoms with E-state index in [1.807, 2.05) is 12.2 Å². The van der Waals surface area contributed by atoms with Gasteiger partial charge in [-0.2, -0.15) is 0 Å². The SMILES string of the molecule is OC1=CCC([s+]2c3ccccc3c3ccccc32)C=C1. The highest BCUT2D eigenvalue weighted by Gasteiger charge is 2.28. The Morgan fingerprint density at radius 2 is 1.50 bits per heavy atom. The van der Waals surface area contributed by atoms with Gasteiger partial charge in [-0.1, -0.05) is 24.3 Å². The molecule has 1 nitrogen and oxygen atoms in total. The van der Waals surface area contributed by atoms with E-state index in [1.165, 1.54) is 20.2 Å². The molecule has 98 valence electrons. The third-order valence-corrected chi connectivity index (χ3v) is 6.50. The van der Waals surface area contributed by atoms with Gasteiger partial charge in [0.15, 0.2) is 14.6 Å². The number of hydrogen-bond donors (Lipinski definition) is 1. The lowest BCUT2D eigenvalue weighted by molar-refractivity contribution is 0.426. The fraction of sp³-hybridized carbons (Fsp3) is 0.111. The molecule has 1 unspecified atom stereocenters. The maximum atomic E-state index is 9.54. The van der Waals surface area contributed by atoms with Crippen molar-refractivity contribution in [1.29, 1.82) is 0 Å². The lowest BCUT2D eigenvalue weighted by Gasteiger charge is -2.07. The Kier molecular flexibility index (Phi) is 2.64. The molecule has 0 saturated carbocycles. The molecule has 3 aromatic rings. The summed E-state index contributed by atoms with van der Waals surface area (Å²) in [7, 11) is 0.0790. The Hall–Kier alpha value is -2.06. The summed E-state index contributed by atoms with van der Waals surface area (Å²) < 4.78 is 2.89. The summed E-state index contributed by atoms with van der Waals surface area (Å²) >= 11 is 0. The van der Waals surface area contributed by atoms with Crippen molar-refractivity contribution in [2.45, 2.75) is 11.7 Å². The highest BCUT2D eigenvalue weighted by Crippen LogP contribution is 2.50. The van der Waals surface area contributed by atoms with Crippen molar-refractivity contribution < 1.29 is 5.11 Å². The van der Waals surface area contributed by atoms with Crippen LogP contribution in [-0.2, 0) is 0 Å². The van der Waals surface area contributed by atoms with Crippen LogP contribution in [0.4, 0.5) is 0 Å². The van der Waals surface area contributed by atoms with E-state index in [4.69, 9.17) is 0 Å². The summed E-state index contributed by atoms with van der Waals surface area (Å²) in [6, 6.07) is 17.4. The Balaban J connectivity index is 2.03. The zero-order valence-corrected chi connectivity index (χ0v) is 11.8. The fourth-order valence-electron chi connectivity index (χ4n) is 2.97. The summed E-state index contributed by atoms with van der Waals surface area (Å²) in [5.74, 6) is 0.394. The van der Waals surface area contributed by atoms with Gasteiger partial charge >= 0.3 is 0 Å². The third-order valence-electron chi connectivity index (χ3n) is 3.88. The van der Waals surface area contributed by atoms with Crippen molar-refractivity contribution in [1.82, 2.24) is 0 Å². The van der Waals surface area contributed by atoms with E-state index in [2.05, 4.69) is 54.6 Å². The normalized spacial score (nSPS) is 18.6. The fourth-order valence-corrected chi connectivity index (χ4v) is 5.66. The Morgan fingerprint density at radius 1 is 0.900 bits per heavy atom. The van der Waals surface area contributed by atoms with Gasteiger partial charge in [0, 0.05) is 27.7 Å². The molecule has 1 aliphatic carbocycles. The van der Waals surface area contributed by atoms with E-state index < -0.39 is 0 Å². The molecule has 0 amide bonds. The molecular weight excluding hydrogens is 264 g/mol. The average molecular weight is 279 g/mol. The molecule has 20 heavy (non-hydrogen) atoms. The lowest BCUT2D eigenvalue weighted by Crippen LogP contribution is -1.92. The van der Waals surface area contributed by atoms with Crippen molar-refractivity contribution >= 4 is 30.6 Å². The predicted octanol–water partition coefficient (Wildman–Crippen LogP) is 5.69. The first-order valence-corrected chi connectivity index (χ1v) is 8.12. The zero-order valence-electron chi connectivity index (χ0n) is 11.0. The second-order valence-corrected chi connectivity index (χ2v) is 7.25. The molecule has 2 aromatic carbocycles. The number of allylic oxidation sites excluding steroid dienone is 3. The molecule has 0 bridgehead atoms. The Labute approximate surface area is 120 Å². The zero-order chi connectivity index (χ0) is 13.5. The Morgan fingerprint density at radius 3 is 2.05 bits per heavy atom. The number of thiophene rings is 1. The quantitative estimate of drug-likeness (QED) is 0.568. The second kappa shape index (κ2) is 4.50. The van der Waals surface area contributed by atoms with Crippen LogP contribution in [0.15, 0.2) is 72.5 Å². The van der Waals surface area contributed by atoms with Gasteiger partial charge in [0.25, 0.3) is 0 Å². The van der Waals surface area contributed by atoms with Gasteiger partial charge in [0.05, 0.1) is 0 Å². The molecular formula is C18H15OS+. The van der Waals surface area contributed by atoms with Crippen molar-refractivity contribution in [3.63, 3.8) is 0 Å². The predicted molar refractivity (Wildman–Crippen MR) is 87.4 cm³/mol. The molecule has 0 saturated heterocycles. The maximum absolute atomic E-state index is 9.54. The standard InChI is InChI=1S/C18H14OS/c19-13-9-11-14(12-10-13)20-17-7-3-1-5-15(17)16-6-2-4-8-18(16)20/h1-11,14H,12H2/p+1. The number of hydrogen-bond acceptors (Lipinski definition) is 1. The van der Waals surface area contributed by atoms with Gasteiger partial charge < -0.3 is 5.11 Å². The van der Waals surface area contributed by atoms with Crippen molar-refractivity contribution in [3.8, 4) is 0 Å². The molecule has 0 aliphatic heterocycles. The van der Waals surface area contributed by atoms with E-state index in [0.717, 1.165) is 6.42 Å². The first-order chi connectivity index (χ1) is 9.84. The molecule has 0 radical (unpaired) electrons. The minimum absolute atomic E-state index is 0.0790. The maximum Gasteiger partial charge on any atom is 0.182 e. The van der Waals surface area contributed by atoms with Crippen LogP contribution in [0.1, 0.15) is 11.7 Å². The van der Waals surface area contributed by atoms with Crippen molar-refractivity contribution in [2.75, 3.05) is 0 Å². The van der Waals surface area contributed by atoms with Gasteiger partial charge in [-0.25, -0.2) is 0 Å². The minimum Gasteiger partial charge on any atom is -0.508 e. The largest absolute Gasteiger partial charge is 0.508 e. The van der Waals surface area contributed by atoms with Crippen LogP contribution in [0.25, 0.3) is 20.2 Å². The second-order valence-electron chi connectivity index (χ2n) is 5.09. The van der Waals surface area contributed by atoms with Gasteiger partial charge in [0.2, 0.25) is 0 Å². The Bertz CT molecular complexity index is 801. The van der Waals surface area contributed by atoms with Crippen LogP contribution in [0.3, 0.4) is 0 Å². The lowest BCUT2D eigenvalue weighted by atomic mass is 10.2. The number of rotatable bonds is 1. The number of benzene rings is 2. The molecule has 1 N–H and O–H groups in total. The number of aliphatic hydroxyl groups is 1. The highest BCUT2D eigenvalue weighted by atomic mass is 32.2. The van der Waals surface area contributed by atoms with Crippen LogP contribution in [-0.4, -0.2) is 5.11 Å². The van der Waals surface area contributed by atoms with E-state index >= 15 is 0 Å². The summed E-state index contributed by atoms with van der Waals surface area (Å²) in [4.78, 5) is 0. The molecule has 1 heterocycles. The molecule has 2 heteroatoms. The number of fused-ring (bicyclic) bond motifs is 3. The molecule has 0 fully saturated rings.